The van der Waals surface area contributed by atoms with Crippen molar-refractivity contribution in [3.63, 3.8) is 0 Å². The van der Waals surface area contributed by atoms with Crippen LogP contribution < -0.4 is 5.32 Å². The van der Waals surface area contributed by atoms with E-state index in [9.17, 15) is 13.2 Å². The second-order valence-corrected chi connectivity index (χ2v) is 6.32. The summed E-state index contributed by atoms with van der Waals surface area (Å²) in [4.78, 5) is 2.35. The normalized spacial score (nSPS) is 27.4. The lowest BCUT2D eigenvalue weighted by atomic mass is 9.88. The molecule has 0 unspecified atom stereocenters. The fourth-order valence-electron chi connectivity index (χ4n) is 3.53. The van der Waals surface area contributed by atoms with Gasteiger partial charge >= 0.3 is 6.18 Å². The lowest BCUT2D eigenvalue weighted by Crippen LogP contribution is -2.50. The summed E-state index contributed by atoms with van der Waals surface area (Å²) in [6.07, 6.45) is 0.647. The molecule has 2 saturated heterocycles. The Morgan fingerprint density at radius 3 is 2.48 bits per heavy atom. The van der Waals surface area contributed by atoms with Crippen molar-refractivity contribution < 1.29 is 13.2 Å². The molecule has 2 fully saturated rings. The zero-order valence-electron chi connectivity index (χ0n) is 12.0. The second kappa shape index (κ2) is 5.61. The summed E-state index contributed by atoms with van der Waals surface area (Å²) < 4.78 is 37.6. The van der Waals surface area contributed by atoms with Gasteiger partial charge in [0.05, 0.1) is 5.56 Å². The van der Waals surface area contributed by atoms with Crippen LogP contribution in [0.1, 0.15) is 36.8 Å². The highest BCUT2D eigenvalue weighted by molar-refractivity contribution is 5.24. The maximum absolute atomic E-state index is 12.5. The molecule has 1 atom stereocenters. The molecule has 1 aromatic rings. The molecule has 3 rings (SSSR count). The van der Waals surface area contributed by atoms with Gasteiger partial charge in [-0.3, -0.25) is 4.90 Å². The first kappa shape index (κ1) is 14.9. The smallest absolute Gasteiger partial charge is 0.310 e. The highest BCUT2D eigenvalue weighted by Crippen LogP contribution is 2.31. The van der Waals surface area contributed by atoms with Gasteiger partial charge in [-0.05, 0) is 43.5 Å². The molecule has 1 aromatic carbocycles. The predicted octanol–water partition coefficient (Wildman–Crippen LogP) is 3.42. The number of rotatable bonds is 2. The third-order valence-electron chi connectivity index (χ3n) is 4.70. The molecule has 1 N–H and O–H groups in total. The summed E-state index contributed by atoms with van der Waals surface area (Å²) in [6.45, 7) is 3.86. The van der Waals surface area contributed by atoms with Crippen LogP contribution in [-0.2, 0) is 12.7 Å². The van der Waals surface area contributed by atoms with Gasteiger partial charge in [0, 0.05) is 25.2 Å². The van der Waals surface area contributed by atoms with Gasteiger partial charge in [0.2, 0.25) is 0 Å². The van der Waals surface area contributed by atoms with Crippen LogP contribution in [0.3, 0.4) is 0 Å². The van der Waals surface area contributed by atoms with Crippen molar-refractivity contribution in [1.82, 2.24) is 10.2 Å². The van der Waals surface area contributed by atoms with Gasteiger partial charge in [0.1, 0.15) is 0 Å². The number of likely N-dealkylation sites (tertiary alicyclic amines) is 1. The molecule has 1 spiro atoms. The van der Waals surface area contributed by atoms with Crippen molar-refractivity contribution in [3.8, 4) is 0 Å². The summed E-state index contributed by atoms with van der Waals surface area (Å²) in [7, 11) is 0. The zero-order valence-corrected chi connectivity index (χ0v) is 12.0. The number of nitrogens with zero attached hydrogens (tertiary/aromatic N) is 1. The molecule has 2 nitrogen and oxygen atoms in total. The van der Waals surface area contributed by atoms with Crippen LogP contribution in [0, 0.1) is 0 Å². The first-order valence-corrected chi connectivity index (χ1v) is 7.60. The van der Waals surface area contributed by atoms with Crippen molar-refractivity contribution in [2.75, 3.05) is 19.6 Å². The van der Waals surface area contributed by atoms with Crippen molar-refractivity contribution in [2.24, 2.45) is 0 Å². The molecule has 0 aromatic heterocycles. The van der Waals surface area contributed by atoms with Crippen molar-refractivity contribution in [3.05, 3.63) is 35.4 Å². The molecule has 2 aliphatic heterocycles. The highest BCUT2D eigenvalue weighted by atomic mass is 19.4. The van der Waals surface area contributed by atoms with E-state index in [1.807, 2.05) is 0 Å². The van der Waals surface area contributed by atoms with E-state index < -0.39 is 11.7 Å². The van der Waals surface area contributed by atoms with Crippen LogP contribution in [0.25, 0.3) is 0 Å². The third kappa shape index (κ3) is 3.40. The molecule has 2 heterocycles. The van der Waals surface area contributed by atoms with E-state index in [1.54, 1.807) is 12.1 Å². The zero-order chi connectivity index (χ0) is 14.9. The highest BCUT2D eigenvalue weighted by Gasteiger charge is 2.38. The van der Waals surface area contributed by atoms with Crippen LogP contribution in [0.2, 0.25) is 0 Å². The maximum atomic E-state index is 12.5. The van der Waals surface area contributed by atoms with Gasteiger partial charge in [-0.15, -0.1) is 0 Å². The van der Waals surface area contributed by atoms with Crippen LogP contribution in [0.5, 0.6) is 0 Å². The Bertz CT molecular complexity index is 475. The molecule has 5 heteroatoms. The average Bonchev–Trinajstić information content (AvgIpc) is 2.82. The fourth-order valence-corrected chi connectivity index (χ4v) is 3.53. The van der Waals surface area contributed by atoms with Crippen LogP contribution in [-0.4, -0.2) is 30.1 Å². The molecular formula is C16H21F3N2. The van der Waals surface area contributed by atoms with Gasteiger partial charge in [-0.1, -0.05) is 18.6 Å². The Balaban J connectivity index is 1.60. The van der Waals surface area contributed by atoms with Gasteiger partial charge in [-0.25, -0.2) is 0 Å². The molecule has 21 heavy (non-hydrogen) atoms. The van der Waals surface area contributed by atoms with Crippen molar-refractivity contribution in [2.45, 2.75) is 43.9 Å². The third-order valence-corrected chi connectivity index (χ3v) is 4.70. The number of hydrogen-bond acceptors (Lipinski definition) is 2. The molecular weight excluding hydrogens is 277 g/mol. The number of halogens is 3. The number of piperidine rings is 1. The first-order chi connectivity index (χ1) is 9.97. The summed E-state index contributed by atoms with van der Waals surface area (Å²) in [5.74, 6) is 0. The van der Waals surface area contributed by atoms with Gasteiger partial charge in [0.15, 0.2) is 0 Å². The summed E-state index contributed by atoms with van der Waals surface area (Å²) in [5.41, 5.74) is 0.637. The Hall–Kier alpha value is -1.07. The van der Waals surface area contributed by atoms with E-state index in [1.165, 1.54) is 31.4 Å². The number of alkyl halides is 3. The van der Waals surface area contributed by atoms with E-state index in [0.29, 0.717) is 0 Å². The molecule has 0 bridgehead atoms. The monoisotopic (exact) mass is 298 g/mol. The topological polar surface area (TPSA) is 15.3 Å². The molecule has 0 saturated carbocycles. The standard InChI is InChI=1S/C16H21F3N2/c17-16(18,19)14-5-3-13(4-6-14)11-21-10-8-15(12-21)7-1-2-9-20-15/h3-6,20H,1-2,7-12H2/t15-/m1/s1. The second-order valence-electron chi connectivity index (χ2n) is 6.32. The summed E-state index contributed by atoms with van der Waals surface area (Å²) in [5, 5.41) is 3.65. The first-order valence-electron chi connectivity index (χ1n) is 7.60. The minimum atomic E-state index is -4.25. The largest absolute Gasteiger partial charge is 0.416 e. The molecule has 2 aliphatic rings. The Kier molecular flexibility index (Phi) is 3.97. The Morgan fingerprint density at radius 2 is 1.86 bits per heavy atom. The van der Waals surface area contributed by atoms with E-state index in [2.05, 4.69) is 10.2 Å². The van der Waals surface area contributed by atoms with E-state index in [-0.39, 0.29) is 5.54 Å². The van der Waals surface area contributed by atoms with E-state index in [0.717, 1.165) is 38.2 Å². The SMILES string of the molecule is FC(F)(F)c1ccc(CN2CC[C@]3(CCCCN3)C2)cc1. The van der Waals surface area contributed by atoms with Crippen LogP contribution in [0.15, 0.2) is 24.3 Å². The maximum Gasteiger partial charge on any atom is 0.416 e. The van der Waals surface area contributed by atoms with E-state index >= 15 is 0 Å². The molecule has 0 radical (unpaired) electrons. The van der Waals surface area contributed by atoms with Crippen LogP contribution >= 0.6 is 0 Å². The van der Waals surface area contributed by atoms with Crippen molar-refractivity contribution >= 4 is 0 Å². The van der Waals surface area contributed by atoms with Crippen LogP contribution in [0.4, 0.5) is 13.2 Å². The quantitative estimate of drug-likeness (QED) is 0.900. The van der Waals surface area contributed by atoms with Gasteiger partial charge in [-0.2, -0.15) is 13.2 Å². The summed E-state index contributed by atoms with van der Waals surface area (Å²) >= 11 is 0. The van der Waals surface area contributed by atoms with Crippen molar-refractivity contribution in [1.29, 1.82) is 0 Å². The lowest BCUT2D eigenvalue weighted by molar-refractivity contribution is -0.137. The summed E-state index contributed by atoms with van der Waals surface area (Å²) in [6, 6.07) is 5.56. The lowest BCUT2D eigenvalue weighted by Gasteiger charge is -2.35. The predicted molar refractivity (Wildman–Crippen MR) is 75.9 cm³/mol. The Morgan fingerprint density at radius 1 is 1.10 bits per heavy atom. The molecule has 116 valence electrons. The minimum absolute atomic E-state index is 0.254. The number of nitrogens with one attached hydrogen (secondary N) is 1. The average molecular weight is 298 g/mol. The number of benzene rings is 1. The minimum Gasteiger partial charge on any atom is -0.310 e. The number of hydrogen-bond donors (Lipinski definition) is 1. The van der Waals surface area contributed by atoms with Gasteiger partial charge < -0.3 is 5.32 Å². The molecule has 0 amide bonds. The van der Waals surface area contributed by atoms with E-state index in [4.69, 9.17) is 0 Å². The molecule has 0 aliphatic carbocycles. The fraction of sp³-hybridized carbons (Fsp3) is 0.625. The van der Waals surface area contributed by atoms with Gasteiger partial charge in [0.25, 0.3) is 0 Å². The Labute approximate surface area is 123 Å².